The summed E-state index contributed by atoms with van der Waals surface area (Å²) in [5.41, 5.74) is 0.884. The number of ether oxygens (including phenoxy) is 8. The number of rotatable bonds is 75. The zero-order valence-corrected chi connectivity index (χ0v) is 62.4. The fourth-order valence-corrected chi connectivity index (χ4v) is 12.4. The quantitative estimate of drug-likeness (QED) is 0.0377. The number of hydrogen-bond acceptors (Lipinski definition) is 14. The third-order valence-corrected chi connectivity index (χ3v) is 18.2. The molecule has 0 radical (unpaired) electrons. The van der Waals surface area contributed by atoms with Crippen molar-refractivity contribution in [2.75, 3.05) is 109 Å². The number of para-hydroxylation sites is 4. The Morgan fingerprint density at radius 3 is 0.722 bits per heavy atom. The summed E-state index contributed by atoms with van der Waals surface area (Å²) in [4.78, 5) is 55.1. The van der Waals surface area contributed by atoms with Crippen LogP contribution >= 0.6 is 0 Å². The molecule has 0 spiro atoms. The van der Waals surface area contributed by atoms with E-state index < -0.39 is 30.4 Å². The lowest BCUT2D eigenvalue weighted by Gasteiger charge is -2.26. The molecule has 0 aliphatic carbocycles. The monoisotopic (exact) mass is 1370 g/mol. The number of carboxylic acids is 1. The van der Waals surface area contributed by atoms with E-state index in [9.17, 15) is 24.3 Å². The van der Waals surface area contributed by atoms with Crippen LogP contribution in [-0.4, -0.2) is 128 Å². The molecule has 0 aromatic heterocycles. The third kappa shape index (κ3) is 55.8. The summed E-state index contributed by atoms with van der Waals surface area (Å²) in [5, 5.41) is 9.88. The normalized spacial score (nSPS) is 11.3. The van der Waals surface area contributed by atoms with Gasteiger partial charge in [-0.3, -0.25) is 19.2 Å². The van der Waals surface area contributed by atoms with Crippen LogP contribution in [0.5, 0.6) is 11.5 Å². The lowest BCUT2D eigenvalue weighted by atomic mass is 10.0. The Hall–Kier alpha value is -4.60. The highest BCUT2D eigenvalue weighted by Gasteiger charge is 2.22. The molecule has 0 atom stereocenters. The number of carbonyl (C=O) groups excluding carboxylic acids is 3. The van der Waals surface area contributed by atoms with Crippen LogP contribution < -0.4 is 19.3 Å². The number of esters is 3. The minimum absolute atomic E-state index is 0.0381. The van der Waals surface area contributed by atoms with Crippen molar-refractivity contribution in [2.45, 2.75) is 329 Å². The van der Waals surface area contributed by atoms with Gasteiger partial charge in [0.05, 0.1) is 31.2 Å². The van der Waals surface area contributed by atoms with Crippen LogP contribution in [-0.2, 0) is 47.6 Å². The van der Waals surface area contributed by atoms with Gasteiger partial charge < -0.3 is 52.8 Å². The zero-order chi connectivity index (χ0) is 69.6. The highest BCUT2D eigenvalue weighted by atomic mass is 16.6. The average molecular weight is 1370 g/mol. The van der Waals surface area contributed by atoms with Gasteiger partial charge in [0, 0.05) is 19.8 Å². The van der Waals surface area contributed by atoms with Crippen molar-refractivity contribution in [1.82, 2.24) is 0 Å². The molecule has 2 aromatic rings. The van der Waals surface area contributed by atoms with Gasteiger partial charge in [-0.2, -0.15) is 0 Å². The molecule has 15 nitrogen and oxygen atoms in total. The summed E-state index contributed by atoms with van der Waals surface area (Å²) in [6, 6.07) is 14.0. The molecule has 0 aliphatic rings. The van der Waals surface area contributed by atoms with Gasteiger partial charge >= 0.3 is 23.9 Å². The molecule has 0 heterocycles. The number of nitrogens with zero attached hydrogens (tertiary/aromatic N) is 2. The van der Waals surface area contributed by atoms with Crippen LogP contribution in [0.4, 0.5) is 11.4 Å². The van der Waals surface area contributed by atoms with Crippen LogP contribution in [0.1, 0.15) is 329 Å². The van der Waals surface area contributed by atoms with Gasteiger partial charge in [-0.15, -0.1) is 0 Å². The van der Waals surface area contributed by atoms with Crippen LogP contribution in [0.25, 0.3) is 0 Å². The number of carboxylic acid groups (broad SMARTS) is 1. The molecule has 0 amide bonds. The maximum absolute atomic E-state index is 13.5. The lowest BCUT2D eigenvalue weighted by Crippen LogP contribution is -2.37. The molecule has 0 saturated carbocycles. The molecule has 0 bridgehead atoms. The van der Waals surface area contributed by atoms with E-state index in [1.807, 2.05) is 0 Å². The standard InChI is InChI=1S/C82H144N2O13/c1-4-7-10-13-16-19-22-25-28-31-34-37-40-43-46-53-60-90-63-66-95-80(87)72-83(71-79(85)86)75-56-49-51-58-77(75)93-69-70-94-78-59-52-50-57-76(78)84(73-81(88)96-67-64-91-61-54-47-44-41-38-35-32-29-26-23-20-17-14-11-8-5-2)74-82(89)97-68-65-92-62-55-48-45-42-39-36-33-30-27-24-21-18-15-12-9-6-3/h49-52,56-59H,4-48,53-55,60-74H2,1-3H3,(H,85,86). The number of unbranched alkanes of at least 4 members (excludes halogenated alkanes) is 45. The van der Waals surface area contributed by atoms with Crippen LogP contribution in [0.2, 0.25) is 0 Å². The molecule has 560 valence electrons. The van der Waals surface area contributed by atoms with Crippen LogP contribution in [0, 0.1) is 0 Å². The Morgan fingerprint density at radius 1 is 0.268 bits per heavy atom. The molecular weight excluding hydrogens is 1220 g/mol. The molecule has 0 unspecified atom stereocenters. The van der Waals surface area contributed by atoms with Gasteiger partial charge in [0.1, 0.15) is 70.7 Å². The molecule has 0 aliphatic heterocycles. The SMILES string of the molecule is CCCCCCCCCCCCCCCCCCOCCOC(=O)CN(CC(=O)O)c1ccccc1OCCOc1ccccc1N(CC(=O)OCCOCCCCCCCCCCCCCCCCCC)CC(=O)OCCOCCCCCCCCCCCCCCCCCC. The molecule has 2 rings (SSSR count). The summed E-state index contributed by atoms with van der Waals surface area (Å²) in [6.07, 6.45) is 62.8. The topological polar surface area (TPSA) is 169 Å². The number of anilines is 2. The van der Waals surface area contributed by atoms with Gasteiger partial charge in [0.25, 0.3) is 0 Å². The number of benzene rings is 2. The largest absolute Gasteiger partial charge is 0.488 e. The summed E-state index contributed by atoms with van der Waals surface area (Å²) < 4.78 is 46.6. The van der Waals surface area contributed by atoms with Gasteiger partial charge in [-0.25, -0.2) is 0 Å². The van der Waals surface area contributed by atoms with Gasteiger partial charge in [0.2, 0.25) is 0 Å². The molecule has 0 fully saturated rings. The van der Waals surface area contributed by atoms with Crippen LogP contribution in [0.3, 0.4) is 0 Å². The van der Waals surface area contributed by atoms with E-state index in [2.05, 4.69) is 20.8 Å². The predicted molar refractivity (Wildman–Crippen MR) is 400 cm³/mol. The summed E-state index contributed by atoms with van der Waals surface area (Å²) >= 11 is 0. The van der Waals surface area contributed by atoms with Crippen molar-refractivity contribution < 1.29 is 62.2 Å². The first-order valence-corrected chi connectivity index (χ1v) is 40.1. The van der Waals surface area contributed by atoms with E-state index in [0.29, 0.717) is 42.7 Å². The van der Waals surface area contributed by atoms with E-state index in [-0.39, 0.29) is 72.5 Å². The fourth-order valence-electron chi connectivity index (χ4n) is 12.4. The summed E-state index contributed by atoms with van der Waals surface area (Å²) in [5.74, 6) is -2.01. The molecule has 97 heavy (non-hydrogen) atoms. The Bertz CT molecular complexity index is 2040. The minimum atomic E-state index is -1.12. The second kappa shape index (κ2) is 68.5. The van der Waals surface area contributed by atoms with E-state index in [4.69, 9.17) is 37.9 Å². The highest BCUT2D eigenvalue weighted by molar-refractivity contribution is 5.83. The van der Waals surface area contributed by atoms with E-state index in [1.165, 1.54) is 275 Å². The molecular formula is C82H144N2O13. The maximum atomic E-state index is 13.5. The average Bonchev–Trinajstić information content (AvgIpc) is 1.01. The Morgan fingerprint density at radius 2 is 0.485 bits per heavy atom. The third-order valence-electron chi connectivity index (χ3n) is 18.2. The van der Waals surface area contributed by atoms with Crippen LogP contribution in [0.15, 0.2) is 48.5 Å². The van der Waals surface area contributed by atoms with Gasteiger partial charge in [-0.05, 0) is 43.5 Å². The first-order chi connectivity index (χ1) is 47.8. The minimum Gasteiger partial charge on any atom is -0.488 e. The van der Waals surface area contributed by atoms with E-state index >= 15 is 0 Å². The van der Waals surface area contributed by atoms with E-state index in [0.717, 1.165) is 38.5 Å². The number of hydrogen-bond donors (Lipinski definition) is 1. The Balaban J connectivity index is 1.83. The smallest absolute Gasteiger partial charge is 0.325 e. The molecule has 2 aromatic carbocycles. The van der Waals surface area contributed by atoms with Gasteiger partial charge in [0.15, 0.2) is 0 Å². The fraction of sp³-hybridized carbons (Fsp3) is 0.805. The molecule has 15 heteroatoms. The first kappa shape index (κ1) is 88.5. The molecule has 1 N–H and O–H groups in total. The molecule has 0 saturated heterocycles. The van der Waals surface area contributed by atoms with Crippen molar-refractivity contribution in [1.29, 1.82) is 0 Å². The number of carbonyl (C=O) groups is 4. The summed E-state index contributed by atoms with van der Waals surface area (Å²) in [6.45, 7) is 8.53. The lowest BCUT2D eigenvalue weighted by molar-refractivity contribution is -0.145. The maximum Gasteiger partial charge on any atom is 0.325 e. The summed E-state index contributed by atoms with van der Waals surface area (Å²) in [7, 11) is 0. The highest BCUT2D eigenvalue weighted by Crippen LogP contribution is 2.31. The van der Waals surface area contributed by atoms with Crippen molar-refractivity contribution in [3.05, 3.63) is 48.5 Å². The Kier molecular flexibility index (Phi) is 62.5. The second-order valence-electron chi connectivity index (χ2n) is 27.1. The van der Waals surface area contributed by atoms with E-state index in [1.54, 1.807) is 53.4 Å². The number of aliphatic carboxylic acids is 1. The Labute approximate surface area is 592 Å². The predicted octanol–water partition coefficient (Wildman–Crippen LogP) is 21.3. The van der Waals surface area contributed by atoms with Crippen molar-refractivity contribution >= 4 is 35.3 Å². The second-order valence-corrected chi connectivity index (χ2v) is 27.1. The first-order valence-electron chi connectivity index (χ1n) is 40.1. The van der Waals surface area contributed by atoms with Crippen molar-refractivity contribution in [2.24, 2.45) is 0 Å². The van der Waals surface area contributed by atoms with Crippen molar-refractivity contribution in [3.8, 4) is 11.5 Å². The van der Waals surface area contributed by atoms with Crippen molar-refractivity contribution in [3.63, 3.8) is 0 Å². The zero-order valence-electron chi connectivity index (χ0n) is 62.4. The van der Waals surface area contributed by atoms with Gasteiger partial charge in [-0.1, -0.05) is 334 Å².